The molecule has 2 aliphatic rings. The van der Waals surface area contributed by atoms with Gasteiger partial charge in [-0.05, 0) is 70.6 Å². The monoisotopic (exact) mass is 407 g/mol. The number of rotatable bonds is 4. The molecule has 1 saturated carbocycles. The third-order valence-electron chi connectivity index (χ3n) is 6.70. The maximum absolute atomic E-state index is 13.1. The van der Waals surface area contributed by atoms with E-state index in [0.717, 1.165) is 34.8 Å². The Labute approximate surface area is 177 Å². The van der Waals surface area contributed by atoms with Gasteiger partial charge >= 0.3 is 6.03 Å². The lowest BCUT2D eigenvalue weighted by Crippen LogP contribution is -2.49. The minimum atomic E-state index is -0.817. The van der Waals surface area contributed by atoms with E-state index in [2.05, 4.69) is 12.2 Å². The van der Waals surface area contributed by atoms with Crippen LogP contribution in [0.15, 0.2) is 30.3 Å². The van der Waals surface area contributed by atoms with Crippen molar-refractivity contribution in [1.82, 2.24) is 14.8 Å². The normalized spacial score (nSPS) is 23.9. The van der Waals surface area contributed by atoms with Gasteiger partial charge in [0.05, 0.1) is 6.54 Å². The molecule has 1 aromatic heterocycles. The first-order chi connectivity index (χ1) is 14.2. The zero-order valence-corrected chi connectivity index (χ0v) is 18.1. The summed E-state index contributed by atoms with van der Waals surface area (Å²) in [6.07, 6.45) is 3.10. The summed E-state index contributed by atoms with van der Waals surface area (Å²) < 4.78 is 2.03. The van der Waals surface area contributed by atoms with Crippen molar-refractivity contribution in [3.63, 3.8) is 0 Å². The van der Waals surface area contributed by atoms with Crippen LogP contribution in [0.1, 0.15) is 59.9 Å². The number of aryl methyl sites for hydroxylation is 2. The molecule has 1 saturated heterocycles. The molecular formula is C24H29N3O3. The summed E-state index contributed by atoms with van der Waals surface area (Å²) in [4.78, 5) is 39.8. The summed E-state index contributed by atoms with van der Waals surface area (Å²) in [5, 5.41) is 2.89. The maximum atomic E-state index is 13.1. The molecule has 158 valence electrons. The second-order valence-electron chi connectivity index (χ2n) is 8.97. The summed E-state index contributed by atoms with van der Waals surface area (Å²) in [6, 6.07) is 9.51. The Balaban J connectivity index is 1.56. The third kappa shape index (κ3) is 3.34. The molecule has 1 aliphatic heterocycles. The van der Waals surface area contributed by atoms with Gasteiger partial charge in [0, 0.05) is 22.6 Å². The lowest BCUT2D eigenvalue weighted by atomic mass is 9.77. The lowest BCUT2D eigenvalue weighted by molar-refractivity contribution is -0.132. The molecule has 0 atom stereocenters. The number of ketones is 1. The van der Waals surface area contributed by atoms with Crippen LogP contribution in [0.5, 0.6) is 0 Å². The van der Waals surface area contributed by atoms with E-state index in [-0.39, 0.29) is 18.2 Å². The minimum Gasteiger partial charge on any atom is -0.323 e. The van der Waals surface area contributed by atoms with Crippen LogP contribution in [-0.4, -0.2) is 39.3 Å². The van der Waals surface area contributed by atoms with Gasteiger partial charge in [0.15, 0.2) is 5.78 Å². The number of benzene rings is 1. The summed E-state index contributed by atoms with van der Waals surface area (Å²) >= 11 is 0. The van der Waals surface area contributed by atoms with Crippen molar-refractivity contribution < 1.29 is 14.4 Å². The molecule has 2 fully saturated rings. The number of carbonyl (C=O) groups excluding carboxylic acids is 3. The first-order valence-electron chi connectivity index (χ1n) is 10.6. The Morgan fingerprint density at radius 2 is 1.73 bits per heavy atom. The quantitative estimate of drug-likeness (QED) is 0.613. The fourth-order valence-corrected chi connectivity index (χ4v) is 4.78. The number of hydrogen-bond donors (Lipinski definition) is 1. The maximum Gasteiger partial charge on any atom is 0.325 e. The number of urea groups is 1. The Morgan fingerprint density at radius 3 is 2.37 bits per heavy atom. The summed E-state index contributed by atoms with van der Waals surface area (Å²) in [5.74, 6) is 0.0921. The van der Waals surface area contributed by atoms with Gasteiger partial charge in [0.25, 0.3) is 5.91 Å². The highest BCUT2D eigenvalue weighted by atomic mass is 16.2. The van der Waals surface area contributed by atoms with Crippen LogP contribution >= 0.6 is 0 Å². The molecule has 6 nitrogen and oxygen atoms in total. The molecule has 6 heteroatoms. The summed E-state index contributed by atoms with van der Waals surface area (Å²) in [5.41, 5.74) is 3.64. The standard InChI is InChI=1S/C24H29N3O3/c1-15-5-7-19(8-6-15)27-17(3)13-20(18(27)4)21(28)14-26-22(29)24(25-23(26)30)11-9-16(2)10-12-24/h5-8,13,16H,9-12,14H2,1-4H3,(H,25,30). The fourth-order valence-electron chi connectivity index (χ4n) is 4.78. The van der Waals surface area contributed by atoms with E-state index in [1.807, 2.05) is 55.7 Å². The molecule has 1 N–H and O–H groups in total. The average Bonchev–Trinajstić information content (AvgIpc) is 3.13. The van der Waals surface area contributed by atoms with Crippen LogP contribution in [0.25, 0.3) is 5.69 Å². The highest BCUT2D eigenvalue weighted by molar-refractivity contribution is 6.11. The van der Waals surface area contributed by atoms with Crippen molar-refractivity contribution in [3.8, 4) is 5.69 Å². The van der Waals surface area contributed by atoms with Crippen molar-refractivity contribution in [2.45, 2.75) is 58.9 Å². The van der Waals surface area contributed by atoms with Crippen LogP contribution in [0.3, 0.4) is 0 Å². The number of imide groups is 1. The van der Waals surface area contributed by atoms with E-state index < -0.39 is 11.6 Å². The molecule has 1 spiro atoms. The summed E-state index contributed by atoms with van der Waals surface area (Å²) in [6.45, 7) is 7.83. The van der Waals surface area contributed by atoms with Gasteiger partial charge in [-0.1, -0.05) is 24.6 Å². The molecule has 2 aromatic rings. The molecule has 0 bridgehead atoms. The first kappa shape index (κ1) is 20.4. The predicted octanol–water partition coefficient (Wildman–Crippen LogP) is 4.09. The fraction of sp³-hybridized carbons (Fsp3) is 0.458. The molecule has 3 amide bonds. The van der Waals surface area contributed by atoms with E-state index >= 15 is 0 Å². The number of hydrogen-bond acceptors (Lipinski definition) is 3. The van der Waals surface area contributed by atoms with Crippen LogP contribution in [0.2, 0.25) is 0 Å². The van der Waals surface area contributed by atoms with Gasteiger partial charge in [0.1, 0.15) is 5.54 Å². The number of nitrogens with zero attached hydrogens (tertiary/aromatic N) is 2. The van der Waals surface area contributed by atoms with E-state index in [1.165, 1.54) is 5.56 Å². The van der Waals surface area contributed by atoms with Crippen LogP contribution in [0.4, 0.5) is 4.79 Å². The van der Waals surface area contributed by atoms with E-state index in [9.17, 15) is 14.4 Å². The molecule has 1 aromatic carbocycles. The minimum absolute atomic E-state index is 0.216. The largest absolute Gasteiger partial charge is 0.325 e. The molecule has 0 radical (unpaired) electrons. The predicted molar refractivity (Wildman–Crippen MR) is 115 cm³/mol. The number of amides is 3. The SMILES string of the molecule is Cc1ccc(-n2c(C)cc(C(=O)CN3C(=O)NC4(CCC(C)CC4)C3=O)c2C)cc1. The van der Waals surface area contributed by atoms with E-state index in [4.69, 9.17) is 0 Å². The second kappa shape index (κ2) is 7.42. The third-order valence-corrected chi connectivity index (χ3v) is 6.70. The average molecular weight is 408 g/mol. The number of carbonyl (C=O) groups is 3. The van der Waals surface area contributed by atoms with Gasteiger partial charge in [-0.15, -0.1) is 0 Å². The van der Waals surface area contributed by atoms with Crippen LogP contribution in [0, 0.1) is 26.7 Å². The van der Waals surface area contributed by atoms with Crippen LogP contribution in [-0.2, 0) is 4.79 Å². The summed E-state index contributed by atoms with van der Waals surface area (Å²) in [7, 11) is 0. The van der Waals surface area contributed by atoms with Crippen molar-refractivity contribution in [3.05, 3.63) is 52.8 Å². The molecule has 4 rings (SSSR count). The van der Waals surface area contributed by atoms with Crippen molar-refractivity contribution in [1.29, 1.82) is 0 Å². The molecular weight excluding hydrogens is 378 g/mol. The Hall–Kier alpha value is -2.89. The number of Topliss-reactive ketones (excluding diaryl/α,β-unsaturated/α-hetero) is 1. The smallest absolute Gasteiger partial charge is 0.323 e. The second-order valence-corrected chi connectivity index (χ2v) is 8.97. The van der Waals surface area contributed by atoms with Gasteiger partial charge in [-0.3, -0.25) is 14.5 Å². The molecule has 30 heavy (non-hydrogen) atoms. The number of aromatic nitrogens is 1. The Morgan fingerprint density at radius 1 is 1.10 bits per heavy atom. The van der Waals surface area contributed by atoms with E-state index in [1.54, 1.807) is 0 Å². The van der Waals surface area contributed by atoms with Gasteiger partial charge < -0.3 is 9.88 Å². The van der Waals surface area contributed by atoms with Gasteiger partial charge in [-0.2, -0.15) is 0 Å². The van der Waals surface area contributed by atoms with Crippen molar-refractivity contribution in [2.24, 2.45) is 5.92 Å². The zero-order valence-electron chi connectivity index (χ0n) is 18.1. The van der Waals surface area contributed by atoms with Gasteiger partial charge in [-0.25, -0.2) is 4.79 Å². The highest BCUT2D eigenvalue weighted by Crippen LogP contribution is 2.36. The van der Waals surface area contributed by atoms with Crippen molar-refractivity contribution in [2.75, 3.05) is 6.54 Å². The van der Waals surface area contributed by atoms with Gasteiger partial charge in [0.2, 0.25) is 0 Å². The van der Waals surface area contributed by atoms with Crippen molar-refractivity contribution >= 4 is 17.7 Å². The molecule has 2 heterocycles. The number of nitrogens with one attached hydrogen (secondary N) is 1. The topological polar surface area (TPSA) is 71.4 Å². The Bertz CT molecular complexity index is 1010. The molecule has 0 unspecified atom stereocenters. The van der Waals surface area contributed by atoms with E-state index in [0.29, 0.717) is 24.3 Å². The molecule has 1 aliphatic carbocycles. The highest BCUT2D eigenvalue weighted by Gasteiger charge is 2.52. The first-order valence-corrected chi connectivity index (χ1v) is 10.6. The Kier molecular flexibility index (Phi) is 5.04. The lowest BCUT2D eigenvalue weighted by Gasteiger charge is -2.33. The van der Waals surface area contributed by atoms with Crippen LogP contribution < -0.4 is 5.32 Å². The zero-order chi connectivity index (χ0) is 21.6.